The summed E-state index contributed by atoms with van der Waals surface area (Å²) >= 11 is 0. The number of carbonyl (C=O) groups is 2. The summed E-state index contributed by atoms with van der Waals surface area (Å²) < 4.78 is 0. The Morgan fingerprint density at radius 1 is 1.19 bits per heavy atom. The van der Waals surface area contributed by atoms with Crippen molar-refractivity contribution in [2.75, 3.05) is 13.2 Å². The molecule has 1 aromatic carbocycles. The average molecular weight is 287 g/mol. The molecule has 1 aliphatic rings. The fourth-order valence-electron chi connectivity index (χ4n) is 2.14. The average Bonchev–Trinajstić information content (AvgIpc) is 2.52. The van der Waals surface area contributed by atoms with E-state index in [0.717, 1.165) is 25.7 Å². The molecule has 0 aliphatic carbocycles. The second kappa shape index (κ2) is 8.09. The lowest BCUT2D eigenvalue weighted by Gasteiger charge is -2.22. The summed E-state index contributed by atoms with van der Waals surface area (Å²) in [6.07, 6.45) is 7.10. The number of amides is 3. The van der Waals surface area contributed by atoms with E-state index in [-0.39, 0.29) is 18.6 Å². The van der Waals surface area contributed by atoms with E-state index in [0.29, 0.717) is 6.54 Å². The van der Waals surface area contributed by atoms with Crippen LogP contribution in [0.4, 0.5) is 4.79 Å². The molecule has 0 spiro atoms. The van der Waals surface area contributed by atoms with Gasteiger partial charge in [0, 0.05) is 18.8 Å². The topological polar surface area (TPSA) is 61.4 Å². The van der Waals surface area contributed by atoms with Crippen LogP contribution >= 0.6 is 0 Å². The van der Waals surface area contributed by atoms with Crippen LogP contribution in [0.3, 0.4) is 0 Å². The Kier molecular flexibility index (Phi) is 5.82. The van der Waals surface area contributed by atoms with E-state index in [4.69, 9.17) is 0 Å². The summed E-state index contributed by atoms with van der Waals surface area (Å²) in [6.45, 7) is 0.890. The first-order valence-electron chi connectivity index (χ1n) is 7.30. The Hall–Kier alpha value is -2.30. The zero-order valence-electron chi connectivity index (χ0n) is 12.0. The monoisotopic (exact) mass is 287 g/mol. The number of aryl methyl sites for hydroxylation is 1. The van der Waals surface area contributed by atoms with Gasteiger partial charge in [0.2, 0.25) is 5.91 Å². The highest BCUT2D eigenvalue weighted by molar-refractivity contribution is 5.89. The van der Waals surface area contributed by atoms with Crippen molar-refractivity contribution in [3.8, 4) is 0 Å². The molecule has 0 bridgehead atoms. The molecule has 0 saturated carbocycles. The molecule has 112 valence electrons. The van der Waals surface area contributed by atoms with E-state index in [1.54, 1.807) is 0 Å². The van der Waals surface area contributed by atoms with Gasteiger partial charge in [0.1, 0.15) is 0 Å². The molecule has 3 amide bonds. The molecule has 0 fully saturated rings. The Morgan fingerprint density at radius 3 is 2.71 bits per heavy atom. The van der Waals surface area contributed by atoms with Crippen molar-refractivity contribution >= 4 is 11.9 Å². The summed E-state index contributed by atoms with van der Waals surface area (Å²) in [5.41, 5.74) is 1.36. The lowest BCUT2D eigenvalue weighted by Crippen LogP contribution is -2.45. The van der Waals surface area contributed by atoms with Gasteiger partial charge in [0.15, 0.2) is 0 Å². The number of benzene rings is 1. The van der Waals surface area contributed by atoms with Crippen molar-refractivity contribution in [1.82, 2.24) is 15.5 Å². The SMILES string of the molecule is O=C1C=CN(C(=O)NCCCCCc2ccccc2)CN1. The van der Waals surface area contributed by atoms with Crippen LogP contribution in [0.15, 0.2) is 42.6 Å². The first kappa shape index (κ1) is 15.1. The highest BCUT2D eigenvalue weighted by Crippen LogP contribution is 2.05. The molecule has 0 unspecified atom stereocenters. The molecular weight excluding hydrogens is 266 g/mol. The van der Waals surface area contributed by atoms with Crippen LogP contribution in [-0.2, 0) is 11.2 Å². The molecular formula is C16H21N3O2. The van der Waals surface area contributed by atoms with Crippen LogP contribution in [-0.4, -0.2) is 30.1 Å². The normalized spacial score (nSPS) is 13.9. The highest BCUT2D eigenvalue weighted by Gasteiger charge is 2.14. The van der Waals surface area contributed by atoms with Gasteiger partial charge in [-0.1, -0.05) is 36.8 Å². The second-order valence-electron chi connectivity index (χ2n) is 5.01. The van der Waals surface area contributed by atoms with Crippen LogP contribution in [0, 0.1) is 0 Å². The van der Waals surface area contributed by atoms with Gasteiger partial charge in [-0.2, -0.15) is 0 Å². The first-order chi connectivity index (χ1) is 10.3. The number of unbranched alkanes of at least 4 members (excludes halogenated alkanes) is 2. The number of urea groups is 1. The Labute approximate surface area is 125 Å². The van der Waals surface area contributed by atoms with E-state index in [9.17, 15) is 9.59 Å². The van der Waals surface area contributed by atoms with Gasteiger partial charge in [-0.15, -0.1) is 0 Å². The van der Waals surface area contributed by atoms with Gasteiger partial charge in [-0.3, -0.25) is 9.69 Å². The Balaban J connectivity index is 1.54. The summed E-state index contributed by atoms with van der Waals surface area (Å²) in [7, 11) is 0. The van der Waals surface area contributed by atoms with Crippen molar-refractivity contribution < 1.29 is 9.59 Å². The molecule has 0 radical (unpaired) electrons. The zero-order valence-corrected chi connectivity index (χ0v) is 12.0. The minimum absolute atomic E-state index is 0.167. The van der Waals surface area contributed by atoms with Gasteiger partial charge in [-0.05, 0) is 24.8 Å². The molecule has 5 heteroatoms. The lowest BCUT2D eigenvalue weighted by molar-refractivity contribution is -0.117. The molecule has 21 heavy (non-hydrogen) atoms. The number of carbonyl (C=O) groups excluding carboxylic acids is 2. The fraction of sp³-hybridized carbons (Fsp3) is 0.375. The molecule has 2 N–H and O–H groups in total. The molecule has 0 aromatic heterocycles. The number of nitrogens with zero attached hydrogens (tertiary/aromatic N) is 1. The van der Waals surface area contributed by atoms with Crippen LogP contribution in [0.25, 0.3) is 0 Å². The molecule has 1 aliphatic heterocycles. The van der Waals surface area contributed by atoms with Crippen molar-refractivity contribution in [3.63, 3.8) is 0 Å². The van der Waals surface area contributed by atoms with Crippen molar-refractivity contribution in [2.45, 2.75) is 25.7 Å². The van der Waals surface area contributed by atoms with E-state index in [1.807, 2.05) is 6.07 Å². The maximum absolute atomic E-state index is 11.8. The van der Waals surface area contributed by atoms with Gasteiger partial charge in [0.25, 0.3) is 0 Å². The number of nitrogens with one attached hydrogen (secondary N) is 2. The zero-order chi connectivity index (χ0) is 14.9. The van der Waals surface area contributed by atoms with E-state index < -0.39 is 0 Å². The lowest BCUT2D eigenvalue weighted by atomic mass is 10.1. The molecule has 2 rings (SSSR count). The summed E-state index contributed by atoms with van der Waals surface area (Å²) in [5.74, 6) is -0.167. The minimum atomic E-state index is -0.172. The smallest absolute Gasteiger partial charge is 0.322 e. The molecule has 1 heterocycles. The predicted molar refractivity (Wildman–Crippen MR) is 81.4 cm³/mol. The van der Waals surface area contributed by atoms with E-state index >= 15 is 0 Å². The quantitative estimate of drug-likeness (QED) is 0.786. The fourth-order valence-corrected chi connectivity index (χ4v) is 2.14. The maximum Gasteiger partial charge on any atom is 0.322 e. The van der Waals surface area contributed by atoms with Crippen molar-refractivity contribution in [2.24, 2.45) is 0 Å². The summed E-state index contributed by atoms with van der Waals surface area (Å²) in [4.78, 5) is 24.1. The maximum atomic E-state index is 11.8. The van der Waals surface area contributed by atoms with Gasteiger partial charge in [-0.25, -0.2) is 4.79 Å². The third kappa shape index (κ3) is 5.30. The van der Waals surface area contributed by atoms with Gasteiger partial charge < -0.3 is 10.6 Å². The number of hydrogen-bond acceptors (Lipinski definition) is 2. The number of rotatable bonds is 6. The standard InChI is InChI=1S/C16H21N3O2/c20-15-10-12-19(13-18-15)16(21)17-11-6-2-5-9-14-7-3-1-4-8-14/h1,3-4,7-8,10,12H,2,5-6,9,11,13H2,(H,17,21)(H,18,20). The summed E-state index contributed by atoms with van der Waals surface area (Å²) in [5, 5.41) is 5.43. The third-order valence-electron chi connectivity index (χ3n) is 3.35. The Bertz CT molecular complexity index is 500. The third-order valence-corrected chi connectivity index (χ3v) is 3.35. The van der Waals surface area contributed by atoms with Gasteiger partial charge >= 0.3 is 6.03 Å². The first-order valence-corrected chi connectivity index (χ1v) is 7.30. The van der Waals surface area contributed by atoms with Crippen molar-refractivity contribution in [3.05, 3.63) is 48.2 Å². The van der Waals surface area contributed by atoms with Crippen LogP contribution in [0.1, 0.15) is 24.8 Å². The predicted octanol–water partition coefficient (Wildman–Crippen LogP) is 2.01. The van der Waals surface area contributed by atoms with E-state index in [2.05, 4.69) is 34.9 Å². The number of hydrogen-bond donors (Lipinski definition) is 2. The molecule has 1 aromatic rings. The second-order valence-corrected chi connectivity index (χ2v) is 5.01. The molecule has 0 atom stereocenters. The summed E-state index contributed by atoms with van der Waals surface area (Å²) in [6, 6.07) is 10.2. The van der Waals surface area contributed by atoms with Crippen LogP contribution < -0.4 is 10.6 Å². The molecule has 5 nitrogen and oxygen atoms in total. The van der Waals surface area contributed by atoms with Gasteiger partial charge in [0.05, 0.1) is 6.67 Å². The largest absolute Gasteiger partial charge is 0.338 e. The minimum Gasteiger partial charge on any atom is -0.338 e. The molecule has 0 saturated heterocycles. The van der Waals surface area contributed by atoms with E-state index in [1.165, 1.54) is 22.7 Å². The van der Waals surface area contributed by atoms with Crippen molar-refractivity contribution in [1.29, 1.82) is 0 Å². The van der Waals surface area contributed by atoms with Crippen LogP contribution in [0.2, 0.25) is 0 Å². The highest BCUT2D eigenvalue weighted by atomic mass is 16.2. The Morgan fingerprint density at radius 2 is 2.00 bits per heavy atom. The van der Waals surface area contributed by atoms with Crippen LogP contribution in [0.5, 0.6) is 0 Å².